The van der Waals surface area contributed by atoms with E-state index in [1.54, 1.807) is 13.2 Å². The average molecular weight is 245 g/mol. The van der Waals surface area contributed by atoms with Crippen LogP contribution in [0, 0.1) is 17.2 Å². The molecule has 1 aromatic rings. The summed E-state index contributed by atoms with van der Waals surface area (Å²) in [5, 5.41) is 15.7. The van der Waals surface area contributed by atoms with Crippen LogP contribution in [0.1, 0.15) is 18.4 Å². The van der Waals surface area contributed by atoms with E-state index < -0.39 is 0 Å². The number of nitrogens with zero attached hydrogens (tertiary/aromatic N) is 1. The number of methoxy groups -OCH3 is 1. The Morgan fingerprint density at radius 3 is 3.11 bits per heavy atom. The third-order valence-corrected chi connectivity index (χ3v) is 3.38. The van der Waals surface area contributed by atoms with Crippen LogP contribution in [0.15, 0.2) is 18.2 Å². The molecule has 1 unspecified atom stereocenters. The highest BCUT2D eigenvalue weighted by atomic mass is 16.5. The largest absolute Gasteiger partial charge is 0.497 e. The Morgan fingerprint density at radius 1 is 1.56 bits per heavy atom. The summed E-state index contributed by atoms with van der Waals surface area (Å²) in [5.74, 6) is 1.53. The van der Waals surface area contributed by atoms with Crippen LogP contribution >= 0.6 is 0 Å². The highest BCUT2D eigenvalue weighted by Gasteiger charge is 2.13. The van der Waals surface area contributed by atoms with Crippen molar-refractivity contribution < 1.29 is 4.74 Å². The monoisotopic (exact) mass is 245 g/mol. The number of nitriles is 1. The molecule has 2 rings (SSSR count). The van der Waals surface area contributed by atoms with Gasteiger partial charge in [-0.2, -0.15) is 5.26 Å². The Balaban J connectivity index is 1.92. The summed E-state index contributed by atoms with van der Waals surface area (Å²) >= 11 is 0. The lowest BCUT2D eigenvalue weighted by atomic mass is 10.1. The van der Waals surface area contributed by atoms with E-state index in [1.165, 1.54) is 6.42 Å². The van der Waals surface area contributed by atoms with Crippen LogP contribution < -0.4 is 15.4 Å². The molecular weight excluding hydrogens is 226 g/mol. The average Bonchev–Trinajstić information content (AvgIpc) is 2.92. The van der Waals surface area contributed by atoms with Gasteiger partial charge in [-0.25, -0.2) is 0 Å². The van der Waals surface area contributed by atoms with Crippen molar-refractivity contribution in [2.24, 2.45) is 5.92 Å². The first kappa shape index (κ1) is 12.7. The van der Waals surface area contributed by atoms with Crippen LogP contribution in [-0.2, 0) is 0 Å². The van der Waals surface area contributed by atoms with Gasteiger partial charge in [0.1, 0.15) is 11.8 Å². The minimum Gasteiger partial charge on any atom is -0.497 e. The van der Waals surface area contributed by atoms with Crippen molar-refractivity contribution >= 4 is 5.69 Å². The molecular formula is C14H19N3O. The molecule has 18 heavy (non-hydrogen) atoms. The normalized spacial score (nSPS) is 18.3. The summed E-state index contributed by atoms with van der Waals surface area (Å²) in [5.41, 5.74) is 1.53. The van der Waals surface area contributed by atoms with Gasteiger partial charge in [0.2, 0.25) is 0 Å². The molecule has 96 valence electrons. The quantitative estimate of drug-likeness (QED) is 0.833. The molecule has 0 saturated carbocycles. The summed E-state index contributed by atoms with van der Waals surface area (Å²) in [6.07, 6.45) is 2.39. The van der Waals surface area contributed by atoms with Gasteiger partial charge in [0.25, 0.3) is 0 Å². The van der Waals surface area contributed by atoms with E-state index in [-0.39, 0.29) is 0 Å². The van der Waals surface area contributed by atoms with Gasteiger partial charge in [-0.05, 0) is 44.0 Å². The molecule has 0 amide bonds. The van der Waals surface area contributed by atoms with Gasteiger partial charge < -0.3 is 15.4 Å². The summed E-state index contributed by atoms with van der Waals surface area (Å²) in [7, 11) is 1.63. The molecule has 0 aliphatic carbocycles. The molecule has 4 heteroatoms. The Labute approximate surface area is 108 Å². The molecule has 0 bridgehead atoms. The van der Waals surface area contributed by atoms with E-state index in [1.807, 2.05) is 12.1 Å². The summed E-state index contributed by atoms with van der Waals surface area (Å²) in [4.78, 5) is 0. The van der Waals surface area contributed by atoms with Crippen LogP contribution in [0.5, 0.6) is 5.75 Å². The van der Waals surface area contributed by atoms with Crippen molar-refractivity contribution in [3.63, 3.8) is 0 Å². The summed E-state index contributed by atoms with van der Waals surface area (Å²) in [6, 6.07) is 7.68. The summed E-state index contributed by atoms with van der Waals surface area (Å²) < 4.78 is 5.17. The van der Waals surface area contributed by atoms with Crippen LogP contribution in [0.3, 0.4) is 0 Å². The molecule has 4 nitrogen and oxygen atoms in total. The molecule has 2 N–H and O–H groups in total. The second kappa shape index (κ2) is 6.27. The Morgan fingerprint density at radius 2 is 2.44 bits per heavy atom. The molecule has 1 aliphatic rings. The zero-order chi connectivity index (χ0) is 12.8. The van der Waals surface area contributed by atoms with Crippen LogP contribution in [0.2, 0.25) is 0 Å². The van der Waals surface area contributed by atoms with Gasteiger partial charge in [0.15, 0.2) is 0 Å². The second-order valence-corrected chi connectivity index (χ2v) is 4.60. The number of ether oxygens (including phenoxy) is 1. The van der Waals surface area contributed by atoms with Crippen molar-refractivity contribution in [2.45, 2.75) is 12.8 Å². The van der Waals surface area contributed by atoms with Crippen LogP contribution in [0.25, 0.3) is 0 Å². The Kier molecular flexibility index (Phi) is 4.43. The lowest BCUT2D eigenvalue weighted by Crippen LogP contribution is -2.13. The number of rotatable bonds is 5. The molecule has 1 aliphatic heterocycles. The molecule has 1 aromatic carbocycles. The number of hydrogen-bond acceptors (Lipinski definition) is 4. The first-order chi connectivity index (χ1) is 8.83. The predicted octanol–water partition coefficient (Wildman–Crippen LogP) is 1.98. The molecule has 0 radical (unpaired) electrons. The van der Waals surface area contributed by atoms with E-state index in [0.29, 0.717) is 5.56 Å². The standard InChI is InChI=1S/C14H19N3O/c1-18-13-3-2-12(9-15)14(8-13)17-7-5-11-4-6-16-10-11/h2-3,8,11,16-17H,4-7,10H2,1H3. The van der Waals surface area contributed by atoms with Gasteiger partial charge in [-0.1, -0.05) is 0 Å². The van der Waals surface area contributed by atoms with Gasteiger partial charge in [-0.3, -0.25) is 0 Å². The number of anilines is 1. The van der Waals surface area contributed by atoms with Crippen molar-refractivity contribution in [2.75, 3.05) is 32.1 Å². The number of benzene rings is 1. The number of nitrogens with one attached hydrogen (secondary N) is 2. The highest BCUT2D eigenvalue weighted by molar-refractivity contribution is 5.60. The fourth-order valence-electron chi connectivity index (χ4n) is 2.27. The third kappa shape index (κ3) is 3.14. The van der Waals surface area contributed by atoms with Crippen molar-refractivity contribution in [3.8, 4) is 11.8 Å². The van der Waals surface area contributed by atoms with Crippen molar-refractivity contribution in [3.05, 3.63) is 23.8 Å². The fraction of sp³-hybridized carbons (Fsp3) is 0.500. The zero-order valence-electron chi connectivity index (χ0n) is 10.7. The van der Waals surface area contributed by atoms with Gasteiger partial charge in [-0.15, -0.1) is 0 Å². The second-order valence-electron chi connectivity index (χ2n) is 4.60. The number of hydrogen-bond donors (Lipinski definition) is 2. The Bertz CT molecular complexity index is 433. The molecule has 1 fully saturated rings. The van der Waals surface area contributed by atoms with E-state index in [0.717, 1.165) is 43.4 Å². The maximum atomic E-state index is 9.05. The summed E-state index contributed by atoms with van der Waals surface area (Å²) in [6.45, 7) is 3.15. The lowest BCUT2D eigenvalue weighted by molar-refractivity contribution is 0.415. The zero-order valence-corrected chi connectivity index (χ0v) is 10.7. The Hall–Kier alpha value is -1.73. The van der Waals surface area contributed by atoms with Crippen molar-refractivity contribution in [1.82, 2.24) is 5.32 Å². The lowest BCUT2D eigenvalue weighted by Gasteiger charge is -2.12. The van der Waals surface area contributed by atoms with Gasteiger partial charge in [0.05, 0.1) is 18.4 Å². The maximum absolute atomic E-state index is 9.05. The van der Waals surface area contributed by atoms with Crippen LogP contribution in [-0.4, -0.2) is 26.7 Å². The fourth-order valence-corrected chi connectivity index (χ4v) is 2.27. The SMILES string of the molecule is COc1ccc(C#N)c(NCCC2CCNC2)c1. The minimum atomic E-state index is 0.667. The van der Waals surface area contributed by atoms with E-state index in [2.05, 4.69) is 16.7 Å². The maximum Gasteiger partial charge on any atom is 0.121 e. The minimum absolute atomic E-state index is 0.667. The predicted molar refractivity (Wildman–Crippen MR) is 71.8 cm³/mol. The molecule has 1 atom stereocenters. The van der Waals surface area contributed by atoms with Gasteiger partial charge >= 0.3 is 0 Å². The molecule has 0 aromatic heterocycles. The topological polar surface area (TPSA) is 57.1 Å². The molecule has 1 heterocycles. The smallest absolute Gasteiger partial charge is 0.121 e. The van der Waals surface area contributed by atoms with Gasteiger partial charge in [0, 0.05) is 12.6 Å². The van der Waals surface area contributed by atoms with E-state index in [4.69, 9.17) is 10.00 Å². The highest BCUT2D eigenvalue weighted by Crippen LogP contribution is 2.22. The molecule has 1 saturated heterocycles. The first-order valence-electron chi connectivity index (χ1n) is 6.36. The van der Waals surface area contributed by atoms with E-state index >= 15 is 0 Å². The third-order valence-electron chi connectivity index (χ3n) is 3.38. The van der Waals surface area contributed by atoms with E-state index in [9.17, 15) is 0 Å². The van der Waals surface area contributed by atoms with Crippen LogP contribution in [0.4, 0.5) is 5.69 Å². The molecule has 0 spiro atoms. The first-order valence-corrected chi connectivity index (χ1v) is 6.36. The van der Waals surface area contributed by atoms with Crippen molar-refractivity contribution in [1.29, 1.82) is 5.26 Å².